The second-order valence-corrected chi connectivity index (χ2v) is 9.87. The molecule has 0 saturated carbocycles. The lowest BCUT2D eigenvalue weighted by molar-refractivity contribution is -0.121. The molecule has 10 nitrogen and oxygen atoms in total. The number of hydrogen-bond acceptors (Lipinski definition) is 7. The number of nitrogen functional groups attached to an aromatic ring is 1. The summed E-state index contributed by atoms with van der Waals surface area (Å²) in [7, 11) is 1.35. The first kappa shape index (κ1) is 25.9. The first-order valence-corrected chi connectivity index (χ1v) is 12.7. The zero-order valence-electron chi connectivity index (χ0n) is 21.8. The summed E-state index contributed by atoms with van der Waals surface area (Å²) < 4.78 is 6.67. The highest BCUT2D eigenvalue weighted by Gasteiger charge is 2.28. The quantitative estimate of drug-likeness (QED) is 0.367. The van der Waals surface area contributed by atoms with Gasteiger partial charge >= 0.3 is 11.7 Å². The highest BCUT2D eigenvalue weighted by molar-refractivity contribution is 6.06. The average Bonchev–Trinajstić information content (AvgIpc) is 2.93. The molecule has 0 unspecified atom stereocenters. The van der Waals surface area contributed by atoms with E-state index in [1.807, 2.05) is 54.6 Å². The smallest absolute Gasteiger partial charge is 0.339 e. The van der Waals surface area contributed by atoms with E-state index in [1.54, 1.807) is 0 Å². The number of aryl methyl sites for hydroxylation is 1. The number of benzene rings is 2. The Bertz CT molecular complexity index is 1690. The zero-order chi connectivity index (χ0) is 27.7. The van der Waals surface area contributed by atoms with Gasteiger partial charge in [-0.3, -0.25) is 24.1 Å². The Morgan fingerprint density at radius 3 is 2.62 bits per heavy atom. The molecule has 5 rings (SSSR count). The van der Waals surface area contributed by atoms with E-state index < -0.39 is 29.7 Å². The first-order chi connectivity index (χ1) is 18.7. The predicted octanol–water partition coefficient (Wildman–Crippen LogP) is 2.66. The molecule has 200 valence electrons. The highest BCUT2D eigenvalue weighted by atomic mass is 16.5. The van der Waals surface area contributed by atoms with Crippen molar-refractivity contribution >= 4 is 34.3 Å². The Morgan fingerprint density at radius 2 is 1.85 bits per heavy atom. The minimum absolute atomic E-state index is 0.102. The number of para-hydroxylation sites is 1. The number of nitrogens with one attached hydrogen (secondary N) is 1. The number of likely N-dealkylation sites (N-methyl/N-ethyl adjacent to an activating group) is 1. The number of H-pyrrole nitrogens is 1. The monoisotopic (exact) mass is 527 g/mol. The van der Waals surface area contributed by atoms with Crippen LogP contribution in [0, 0.1) is 5.92 Å². The van der Waals surface area contributed by atoms with Crippen molar-refractivity contribution in [3.05, 3.63) is 97.8 Å². The highest BCUT2D eigenvalue weighted by Crippen LogP contribution is 2.32. The number of nitrogens with zero attached hydrogens (tertiary/aromatic N) is 3. The number of aromatic amines is 1. The van der Waals surface area contributed by atoms with Crippen molar-refractivity contribution < 1.29 is 14.3 Å². The number of esters is 1. The minimum atomic E-state index is -0.813. The molecule has 0 spiro atoms. The van der Waals surface area contributed by atoms with Crippen LogP contribution in [0.2, 0.25) is 0 Å². The Morgan fingerprint density at radius 1 is 1.13 bits per heavy atom. The number of pyridine rings is 1. The van der Waals surface area contributed by atoms with Crippen LogP contribution in [0.5, 0.6) is 0 Å². The molecule has 0 radical (unpaired) electrons. The lowest BCUT2D eigenvalue weighted by atomic mass is 9.84. The summed E-state index contributed by atoms with van der Waals surface area (Å²) in [6.45, 7) is 1.61. The van der Waals surface area contributed by atoms with Crippen LogP contribution >= 0.6 is 0 Å². The lowest BCUT2D eigenvalue weighted by Gasteiger charge is -2.24. The fourth-order valence-electron chi connectivity index (χ4n) is 5.04. The normalized spacial score (nSPS) is 14.6. The molecule has 1 amide bonds. The number of ether oxygens (including phenoxy) is 1. The molecule has 0 fully saturated rings. The molecule has 2 heterocycles. The molecule has 4 aromatic rings. The molecule has 0 bridgehead atoms. The van der Waals surface area contributed by atoms with Gasteiger partial charge in [0, 0.05) is 18.1 Å². The third-order valence-electron chi connectivity index (χ3n) is 7.14. The third kappa shape index (κ3) is 5.05. The molecular formula is C29H29N5O5. The number of nitrogens with two attached hydrogens (primary N) is 1. The molecule has 2 aromatic carbocycles. The molecule has 0 saturated heterocycles. The second-order valence-electron chi connectivity index (χ2n) is 9.87. The standard InChI is InChI=1S/C29H29N5O5/c1-17-12-13-22-20(14-17)24(19-10-6-7-11-21(19)31-22)28(37)39-16-23(35)33(2)25-26(30)34(29(38)32-27(25)36)15-18-8-4-3-5-9-18/h3-11,17H,12-16,30H2,1-2H3,(H,32,36,38)/t17-/m1/s1. The lowest BCUT2D eigenvalue weighted by Crippen LogP contribution is -2.40. The minimum Gasteiger partial charge on any atom is -0.452 e. The van der Waals surface area contributed by atoms with E-state index in [2.05, 4.69) is 11.9 Å². The number of anilines is 2. The SMILES string of the molecule is C[C@@H]1CCc2nc3ccccc3c(C(=O)OCC(=O)N(C)c3c(N)n(Cc4ccccc4)c(=O)[nH]c3=O)c2C1. The van der Waals surface area contributed by atoms with E-state index in [0.717, 1.165) is 34.6 Å². The third-order valence-corrected chi connectivity index (χ3v) is 7.14. The van der Waals surface area contributed by atoms with E-state index in [4.69, 9.17) is 15.5 Å². The van der Waals surface area contributed by atoms with Crippen LogP contribution in [-0.2, 0) is 28.9 Å². The molecule has 1 aliphatic rings. The second kappa shape index (κ2) is 10.6. The largest absolute Gasteiger partial charge is 0.452 e. The Kier molecular flexibility index (Phi) is 7.02. The molecular weight excluding hydrogens is 498 g/mol. The fourth-order valence-corrected chi connectivity index (χ4v) is 5.04. The zero-order valence-corrected chi connectivity index (χ0v) is 21.8. The van der Waals surface area contributed by atoms with Gasteiger partial charge < -0.3 is 15.4 Å². The maximum Gasteiger partial charge on any atom is 0.339 e. The number of carbonyl (C=O) groups is 2. The maximum absolute atomic E-state index is 13.4. The van der Waals surface area contributed by atoms with Gasteiger partial charge in [0.2, 0.25) is 0 Å². The van der Waals surface area contributed by atoms with Gasteiger partial charge in [-0.25, -0.2) is 9.59 Å². The Balaban J connectivity index is 1.40. The summed E-state index contributed by atoms with van der Waals surface area (Å²) in [5, 5.41) is 0.671. The van der Waals surface area contributed by atoms with E-state index in [0.29, 0.717) is 28.8 Å². The van der Waals surface area contributed by atoms with Gasteiger partial charge in [-0.2, -0.15) is 0 Å². The molecule has 3 N–H and O–H groups in total. The summed E-state index contributed by atoms with van der Waals surface area (Å²) >= 11 is 0. The number of carbonyl (C=O) groups excluding carboxylic acids is 2. The van der Waals surface area contributed by atoms with E-state index in [9.17, 15) is 19.2 Å². The Hall–Kier alpha value is -4.73. The summed E-state index contributed by atoms with van der Waals surface area (Å²) in [6.07, 6.45) is 2.45. The van der Waals surface area contributed by atoms with E-state index >= 15 is 0 Å². The summed E-state index contributed by atoms with van der Waals surface area (Å²) in [4.78, 5) is 59.6. The number of fused-ring (bicyclic) bond motifs is 2. The van der Waals surface area contributed by atoms with Crippen LogP contribution in [0.25, 0.3) is 10.9 Å². The number of amides is 1. The van der Waals surface area contributed by atoms with Crippen LogP contribution in [0.15, 0.2) is 64.2 Å². The van der Waals surface area contributed by atoms with Gasteiger partial charge in [0.1, 0.15) is 5.82 Å². The number of rotatable bonds is 6. The average molecular weight is 528 g/mol. The van der Waals surface area contributed by atoms with Gasteiger partial charge in [0.15, 0.2) is 12.3 Å². The van der Waals surface area contributed by atoms with Crippen molar-refractivity contribution in [3.8, 4) is 0 Å². The van der Waals surface area contributed by atoms with Crippen molar-refractivity contribution in [1.82, 2.24) is 14.5 Å². The number of aromatic nitrogens is 3. The van der Waals surface area contributed by atoms with Crippen LogP contribution in [0.1, 0.15) is 40.5 Å². The molecule has 0 aliphatic heterocycles. The predicted molar refractivity (Wildman–Crippen MR) is 148 cm³/mol. The van der Waals surface area contributed by atoms with Crippen molar-refractivity contribution in [3.63, 3.8) is 0 Å². The molecule has 2 aromatic heterocycles. The molecule has 1 aliphatic carbocycles. The van der Waals surface area contributed by atoms with E-state index in [-0.39, 0.29) is 18.1 Å². The van der Waals surface area contributed by atoms with Crippen molar-refractivity contribution in [2.75, 3.05) is 24.3 Å². The maximum atomic E-state index is 13.4. The van der Waals surface area contributed by atoms with Gasteiger partial charge in [0.25, 0.3) is 11.5 Å². The molecule has 39 heavy (non-hydrogen) atoms. The fraction of sp³-hybridized carbons (Fsp3) is 0.276. The van der Waals surface area contributed by atoms with Gasteiger partial charge in [-0.05, 0) is 42.4 Å². The van der Waals surface area contributed by atoms with Gasteiger partial charge in [-0.1, -0.05) is 55.5 Å². The molecule has 1 atom stereocenters. The van der Waals surface area contributed by atoms with Crippen molar-refractivity contribution in [2.24, 2.45) is 5.92 Å². The van der Waals surface area contributed by atoms with Crippen LogP contribution in [0.4, 0.5) is 11.5 Å². The molecule has 10 heteroatoms. The van der Waals surface area contributed by atoms with Gasteiger partial charge in [0.05, 0.1) is 17.6 Å². The van der Waals surface area contributed by atoms with E-state index in [1.165, 1.54) is 11.6 Å². The van der Waals surface area contributed by atoms with Gasteiger partial charge in [-0.15, -0.1) is 0 Å². The van der Waals surface area contributed by atoms with Crippen LogP contribution in [0.3, 0.4) is 0 Å². The summed E-state index contributed by atoms with van der Waals surface area (Å²) in [5.74, 6) is -1.08. The topological polar surface area (TPSA) is 140 Å². The summed E-state index contributed by atoms with van der Waals surface area (Å²) in [5.41, 5.74) is 8.13. The Labute approximate surface area is 224 Å². The first-order valence-electron chi connectivity index (χ1n) is 12.7. The van der Waals surface area contributed by atoms with Crippen LogP contribution < -0.4 is 21.9 Å². The van der Waals surface area contributed by atoms with Crippen molar-refractivity contribution in [1.29, 1.82) is 0 Å². The number of hydrogen-bond donors (Lipinski definition) is 2. The van der Waals surface area contributed by atoms with Crippen LogP contribution in [-0.4, -0.2) is 40.1 Å². The summed E-state index contributed by atoms with van der Waals surface area (Å²) in [6, 6.07) is 16.5. The van der Waals surface area contributed by atoms with Crippen molar-refractivity contribution in [2.45, 2.75) is 32.7 Å².